The van der Waals surface area contributed by atoms with Gasteiger partial charge in [-0.3, -0.25) is 4.79 Å². The highest BCUT2D eigenvalue weighted by atomic mass is 35.5. The number of hydrogen-bond donors (Lipinski definition) is 2. The normalized spacial score (nSPS) is 24.6. The zero-order chi connectivity index (χ0) is 19.6. The van der Waals surface area contributed by atoms with E-state index in [1.807, 2.05) is 4.90 Å². The molecule has 8 heteroatoms. The van der Waals surface area contributed by atoms with Gasteiger partial charge in [0.2, 0.25) is 5.43 Å². The molecule has 2 atom stereocenters. The van der Waals surface area contributed by atoms with Crippen LogP contribution in [0.3, 0.4) is 0 Å². The zero-order valence-electron chi connectivity index (χ0n) is 15.3. The van der Waals surface area contributed by atoms with Gasteiger partial charge in [0, 0.05) is 31.4 Å². The first-order valence-corrected chi connectivity index (χ1v) is 10.1. The molecule has 0 spiro atoms. The molecule has 1 aliphatic carbocycles. The number of anilines is 1. The third-order valence-electron chi connectivity index (χ3n) is 6.27. The summed E-state index contributed by atoms with van der Waals surface area (Å²) in [6, 6.07) is 1.58. The molecule has 0 amide bonds. The largest absolute Gasteiger partial charge is 0.477 e. The number of rotatable bonds is 3. The second-order valence-electron chi connectivity index (χ2n) is 8.10. The van der Waals surface area contributed by atoms with Crippen LogP contribution < -0.4 is 15.6 Å². The number of nitrogens with one attached hydrogen (secondary N) is 1. The van der Waals surface area contributed by atoms with Crippen molar-refractivity contribution in [1.29, 1.82) is 0 Å². The maximum absolute atomic E-state index is 15.1. The summed E-state index contributed by atoms with van der Waals surface area (Å²) in [7, 11) is 0. The van der Waals surface area contributed by atoms with E-state index in [-0.39, 0.29) is 22.0 Å². The Balaban J connectivity index is 1.70. The maximum Gasteiger partial charge on any atom is 0.341 e. The highest BCUT2D eigenvalue weighted by Crippen LogP contribution is 2.43. The molecule has 0 unspecified atom stereocenters. The third-order valence-corrected chi connectivity index (χ3v) is 6.63. The van der Waals surface area contributed by atoms with Gasteiger partial charge in [0.05, 0.1) is 21.6 Å². The van der Waals surface area contributed by atoms with E-state index in [4.69, 9.17) is 11.6 Å². The van der Waals surface area contributed by atoms with Crippen LogP contribution in [0.1, 0.15) is 42.1 Å². The Bertz CT molecular complexity index is 1040. The van der Waals surface area contributed by atoms with Crippen molar-refractivity contribution in [2.24, 2.45) is 5.92 Å². The molecule has 28 heavy (non-hydrogen) atoms. The summed E-state index contributed by atoms with van der Waals surface area (Å²) in [4.78, 5) is 26.1. The topological polar surface area (TPSA) is 74.6 Å². The molecule has 0 radical (unpaired) electrons. The number of carbonyl (C=O) groups is 1. The fourth-order valence-electron chi connectivity index (χ4n) is 4.74. The van der Waals surface area contributed by atoms with Crippen LogP contribution in [0.15, 0.2) is 17.1 Å². The number of benzene rings is 1. The van der Waals surface area contributed by atoms with E-state index >= 15 is 4.39 Å². The summed E-state index contributed by atoms with van der Waals surface area (Å²) in [6.45, 7) is 2.37. The lowest BCUT2D eigenvalue weighted by Gasteiger charge is -2.24. The van der Waals surface area contributed by atoms with Crippen LogP contribution in [0, 0.1) is 11.7 Å². The summed E-state index contributed by atoms with van der Waals surface area (Å²) in [5.74, 6) is -1.42. The number of carboxylic acid groups (broad SMARTS) is 1. The van der Waals surface area contributed by atoms with Gasteiger partial charge in [-0.25, -0.2) is 9.18 Å². The molecule has 3 fully saturated rings. The molecule has 0 bridgehead atoms. The highest BCUT2D eigenvalue weighted by molar-refractivity contribution is 6.38. The summed E-state index contributed by atoms with van der Waals surface area (Å²) in [6.07, 6.45) is 5.36. The van der Waals surface area contributed by atoms with Crippen molar-refractivity contribution in [2.45, 2.75) is 37.8 Å². The average molecular weight is 406 g/mol. The van der Waals surface area contributed by atoms with Crippen LogP contribution in [0.2, 0.25) is 5.02 Å². The standard InChI is InChI=1S/C20H21ClFN3O3/c21-16-17-12(19(26)13(20(27)28)8-25(17)11-3-4-11)6-14(22)18(16)24-7-10-2-1-5-23-15(10)9-24/h6,8,10-11,15,23H,1-5,7,9H2,(H,27,28)/t10-,15+/m0/s1. The van der Waals surface area contributed by atoms with Gasteiger partial charge < -0.3 is 19.9 Å². The molecule has 3 aliphatic rings. The number of pyridine rings is 1. The molecule has 2 aliphatic heterocycles. The lowest BCUT2D eigenvalue weighted by atomic mass is 9.94. The van der Waals surface area contributed by atoms with E-state index in [2.05, 4.69) is 5.32 Å². The number of aromatic nitrogens is 1. The minimum atomic E-state index is -1.31. The van der Waals surface area contributed by atoms with Crippen molar-refractivity contribution in [3.8, 4) is 0 Å². The fourth-order valence-corrected chi connectivity index (χ4v) is 5.15. The summed E-state index contributed by atoms with van der Waals surface area (Å²) < 4.78 is 16.9. The fraction of sp³-hybridized carbons (Fsp3) is 0.500. The lowest BCUT2D eigenvalue weighted by molar-refractivity contribution is 0.0695. The molecule has 3 heterocycles. The summed E-state index contributed by atoms with van der Waals surface area (Å²) in [5, 5.41) is 13.1. The monoisotopic (exact) mass is 405 g/mol. The van der Waals surface area contributed by atoms with Gasteiger partial charge in [-0.05, 0) is 44.2 Å². The van der Waals surface area contributed by atoms with Crippen LogP contribution in [-0.4, -0.2) is 41.3 Å². The summed E-state index contributed by atoms with van der Waals surface area (Å²) in [5.41, 5.74) is -0.275. The minimum absolute atomic E-state index is 0.0350. The van der Waals surface area contributed by atoms with Crippen molar-refractivity contribution < 1.29 is 14.3 Å². The van der Waals surface area contributed by atoms with Gasteiger partial charge in [0.15, 0.2) is 0 Å². The third kappa shape index (κ3) is 2.71. The zero-order valence-corrected chi connectivity index (χ0v) is 16.0. The highest BCUT2D eigenvalue weighted by Gasteiger charge is 2.37. The molecule has 6 nitrogen and oxygen atoms in total. The number of aromatic carboxylic acids is 1. The van der Waals surface area contributed by atoms with Gasteiger partial charge in [-0.1, -0.05) is 11.6 Å². The Hall–Kier alpha value is -2.12. The number of halogens is 2. The second-order valence-corrected chi connectivity index (χ2v) is 8.48. The predicted octanol–water partition coefficient (Wildman–Crippen LogP) is 3.02. The van der Waals surface area contributed by atoms with Gasteiger partial charge >= 0.3 is 5.97 Å². The van der Waals surface area contributed by atoms with Gasteiger partial charge in [0.1, 0.15) is 11.4 Å². The van der Waals surface area contributed by atoms with E-state index in [1.165, 1.54) is 12.3 Å². The van der Waals surface area contributed by atoms with E-state index in [9.17, 15) is 14.7 Å². The molecule has 2 N–H and O–H groups in total. The first-order chi connectivity index (χ1) is 13.5. The average Bonchev–Trinajstić information content (AvgIpc) is 3.41. The van der Waals surface area contributed by atoms with Crippen LogP contribution in [0.5, 0.6) is 0 Å². The van der Waals surface area contributed by atoms with E-state index < -0.39 is 17.2 Å². The van der Waals surface area contributed by atoms with Gasteiger partial charge in [-0.15, -0.1) is 0 Å². The molecular weight excluding hydrogens is 385 g/mol. The van der Waals surface area contributed by atoms with E-state index in [0.717, 1.165) is 38.8 Å². The lowest BCUT2D eigenvalue weighted by Crippen LogP contribution is -2.40. The van der Waals surface area contributed by atoms with Crippen molar-refractivity contribution >= 4 is 34.2 Å². The molecule has 1 aromatic heterocycles. The van der Waals surface area contributed by atoms with Gasteiger partial charge in [0.25, 0.3) is 0 Å². The Morgan fingerprint density at radius 1 is 1.29 bits per heavy atom. The number of hydrogen-bond acceptors (Lipinski definition) is 4. The smallest absolute Gasteiger partial charge is 0.341 e. The molecule has 2 aromatic rings. The second kappa shape index (κ2) is 6.46. The summed E-state index contributed by atoms with van der Waals surface area (Å²) >= 11 is 6.70. The Labute approximate surface area is 165 Å². The molecule has 1 aromatic carbocycles. The number of fused-ring (bicyclic) bond motifs is 2. The molecule has 148 valence electrons. The van der Waals surface area contributed by atoms with Crippen molar-refractivity contribution in [2.75, 3.05) is 24.5 Å². The molecule has 5 rings (SSSR count). The minimum Gasteiger partial charge on any atom is -0.477 e. The quantitative estimate of drug-likeness (QED) is 0.821. The van der Waals surface area contributed by atoms with Crippen LogP contribution in [0.4, 0.5) is 10.1 Å². The van der Waals surface area contributed by atoms with Crippen molar-refractivity contribution in [3.05, 3.63) is 38.9 Å². The van der Waals surface area contributed by atoms with Gasteiger partial charge in [-0.2, -0.15) is 0 Å². The van der Waals surface area contributed by atoms with E-state index in [1.54, 1.807) is 4.57 Å². The molecule has 2 saturated heterocycles. The SMILES string of the molecule is O=C(O)c1cn(C2CC2)c2c(Cl)c(N3C[C@@H]4CCCN[C@@H]4C3)c(F)cc2c1=O. The Kier molecular flexibility index (Phi) is 4.14. The van der Waals surface area contributed by atoms with Crippen LogP contribution >= 0.6 is 11.6 Å². The first-order valence-electron chi connectivity index (χ1n) is 9.74. The van der Waals surface area contributed by atoms with Crippen LogP contribution in [0.25, 0.3) is 10.9 Å². The Morgan fingerprint density at radius 3 is 2.75 bits per heavy atom. The van der Waals surface area contributed by atoms with Crippen molar-refractivity contribution in [3.63, 3.8) is 0 Å². The first kappa shape index (κ1) is 17.9. The van der Waals surface area contributed by atoms with Crippen molar-refractivity contribution in [1.82, 2.24) is 9.88 Å². The number of carboxylic acids is 1. The number of piperidine rings is 1. The molecular formula is C20H21ClFN3O3. The maximum atomic E-state index is 15.1. The number of nitrogens with zero attached hydrogens (tertiary/aromatic N) is 2. The predicted molar refractivity (Wildman–Crippen MR) is 105 cm³/mol. The van der Waals surface area contributed by atoms with Crippen LogP contribution in [-0.2, 0) is 0 Å². The molecule has 1 saturated carbocycles. The van der Waals surface area contributed by atoms with E-state index in [0.29, 0.717) is 29.7 Å². The Morgan fingerprint density at radius 2 is 2.07 bits per heavy atom.